The van der Waals surface area contributed by atoms with Gasteiger partial charge in [0, 0.05) is 23.2 Å². The van der Waals surface area contributed by atoms with Crippen molar-refractivity contribution in [3.8, 4) is 11.1 Å². The standard InChI is InChI=1S/C30H22N8/c31-25-13-15-27(23-3-1-17-33-29(23)25)37-35-21-9-5-19(6-10-21)20-7-11-22(12-8-20)36-38-28-16-14-26(32)30-24(28)4-2-18-34-30/h1-18H,31-32H2. The second-order valence-electron chi connectivity index (χ2n) is 8.64. The normalized spacial score (nSPS) is 11.7. The maximum atomic E-state index is 6.03. The zero-order valence-corrected chi connectivity index (χ0v) is 20.2. The highest BCUT2D eigenvalue weighted by atomic mass is 15.1. The lowest BCUT2D eigenvalue weighted by atomic mass is 10.1. The second-order valence-corrected chi connectivity index (χ2v) is 8.64. The average Bonchev–Trinajstić information content (AvgIpc) is 2.97. The van der Waals surface area contributed by atoms with Crippen LogP contribution in [0.5, 0.6) is 0 Å². The van der Waals surface area contributed by atoms with Crippen molar-refractivity contribution in [2.24, 2.45) is 20.5 Å². The van der Waals surface area contributed by atoms with Crippen LogP contribution in [0.1, 0.15) is 0 Å². The Morgan fingerprint density at radius 3 is 1.29 bits per heavy atom. The predicted octanol–water partition coefficient (Wildman–Crippen LogP) is 8.45. The van der Waals surface area contributed by atoms with E-state index in [1.807, 2.05) is 84.9 Å². The Bertz CT molecular complexity index is 1690. The fourth-order valence-electron chi connectivity index (χ4n) is 4.20. The Morgan fingerprint density at radius 1 is 0.447 bits per heavy atom. The number of nitrogens with zero attached hydrogens (tertiary/aromatic N) is 6. The van der Waals surface area contributed by atoms with Gasteiger partial charge >= 0.3 is 0 Å². The molecule has 4 N–H and O–H groups in total. The third-order valence-electron chi connectivity index (χ3n) is 6.17. The summed E-state index contributed by atoms with van der Waals surface area (Å²) in [7, 11) is 0. The third kappa shape index (κ3) is 4.54. The van der Waals surface area contributed by atoms with E-state index in [4.69, 9.17) is 11.5 Å². The van der Waals surface area contributed by atoms with Crippen molar-refractivity contribution in [3.05, 3.63) is 109 Å². The van der Waals surface area contributed by atoms with Crippen LogP contribution in [0.2, 0.25) is 0 Å². The summed E-state index contributed by atoms with van der Waals surface area (Å²) in [5.41, 5.74) is 19.8. The molecule has 2 aromatic heterocycles. The van der Waals surface area contributed by atoms with Gasteiger partial charge in [0.1, 0.15) is 0 Å². The molecule has 0 saturated heterocycles. The molecular formula is C30H22N8. The molecule has 38 heavy (non-hydrogen) atoms. The van der Waals surface area contributed by atoms with Crippen LogP contribution in [0.25, 0.3) is 32.9 Å². The first-order valence-electron chi connectivity index (χ1n) is 12.0. The van der Waals surface area contributed by atoms with E-state index in [0.29, 0.717) is 11.4 Å². The minimum Gasteiger partial charge on any atom is -0.397 e. The number of benzene rings is 4. The predicted molar refractivity (Wildman–Crippen MR) is 153 cm³/mol. The SMILES string of the molecule is Nc1ccc(N=Nc2ccc(-c3ccc(N=Nc4ccc(N)c5ncccc45)cc3)cc2)c2cccnc12. The van der Waals surface area contributed by atoms with E-state index in [9.17, 15) is 0 Å². The van der Waals surface area contributed by atoms with Gasteiger partial charge in [0.05, 0.1) is 45.2 Å². The molecule has 0 aliphatic carbocycles. The number of hydrogen-bond donors (Lipinski definition) is 2. The smallest absolute Gasteiger partial charge is 0.0953 e. The van der Waals surface area contributed by atoms with E-state index < -0.39 is 0 Å². The van der Waals surface area contributed by atoms with Crippen molar-refractivity contribution in [2.75, 3.05) is 11.5 Å². The van der Waals surface area contributed by atoms with Gasteiger partial charge in [-0.1, -0.05) is 24.3 Å². The second kappa shape index (κ2) is 9.87. The van der Waals surface area contributed by atoms with Crippen molar-refractivity contribution in [3.63, 3.8) is 0 Å². The summed E-state index contributed by atoms with van der Waals surface area (Å²) in [6, 6.07) is 30.7. The van der Waals surface area contributed by atoms with E-state index in [-0.39, 0.29) is 0 Å². The van der Waals surface area contributed by atoms with Gasteiger partial charge in [0.15, 0.2) is 0 Å². The lowest BCUT2D eigenvalue weighted by Gasteiger charge is -2.04. The average molecular weight is 495 g/mol. The Labute approximate surface area is 218 Å². The monoisotopic (exact) mass is 494 g/mol. The van der Waals surface area contributed by atoms with Crippen molar-refractivity contribution in [2.45, 2.75) is 0 Å². The van der Waals surface area contributed by atoms with Gasteiger partial charge in [-0.25, -0.2) is 0 Å². The first-order valence-corrected chi connectivity index (χ1v) is 12.0. The lowest BCUT2D eigenvalue weighted by molar-refractivity contribution is 1.24. The van der Waals surface area contributed by atoms with Crippen molar-refractivity contribution >= 4 is 55.9 Å². The van der Waals surface area contributed by atoms with Gasteiger partial charge in [-0.2, -0.15) is 10.2 Å². The number of anilines is 2. The number of fused-ring (bicyclic) bond motifs is 2. The van der Waals surface area contributed by atoms with Gasteiger partial charge in [-0.05, 0) is 83.9 Å². The van der Waals surface area contributed by atoms with Crippen LogP contribution < -0.4 is 11.5 Å². The third-order valence-corrected chi connectivity index (χ3v) is 6.17. The Kier molecular flexibility index (Phi) is 5.95. The summed E-state index contributed by atoms with van der Waals surface area (Å²) in [6.45, 7) is 0. The van der Waals surface area contributed by atoms with E-state index >= 15 is 0 Å². The number of nitrogens with two attached hydrogens (primary N) is 2. The van der Waals surface area contributed by atoms with Crippen LogP contribution in [0.4, 0.5) is 34.1 Å². The summed E-state index contributed by atoms with van der Waals surface area (Å²) >= 11 is 0. The maximum Gasteiger partial charge on any atom is 0.0953 e. The molecule has 0 bridgehead atoms. The minimum absolute atomic E-state index is 0.618. The Hall–Kier alpha value is -5.50. The molecule has 0 radical (unpaired) electrons. The molecule has 8 nitrogen and oxygen atoms in total. The molecule has 0 saturated carbocycles. The van der Waals surface area contributed by atoms with Crippen molar-refractivity contribution in [1.29, 1.82) is 0 Å². The first kappa shape index (κ1) is 22.9. The fraction of sp³-hybridized carbons (Fsp3) is 0. The molecule has 0 amide bonds. The number of hydrogen-bond acceptors (Lipinski definition) is 8. The Balaban J connectivity index is 1.18. The highest BCUT2D eigenvalue weighted by Crippen LogP contribution is 2.32. The molecule has 4 aromatic carbocycles. The summed E-state index contributed by atoms with van der Waals surface area (Å²) in [6.07, 6.45) is 3.43. The van der Waals surface area contributed by atoms with E-state index in [1.165, 1.54) is 0 Å². The largest absolute Gasteiger partial charge is 0.397 e. The van der Waals surface area contributed by atoms with Crippen LogP contribution in [0.3, 0.4) is 0 Å². The molecule has 6 aromatic rings. The topological polar surface area (TPSA) is 127 Å². The van der Waals surface area contributed by atoms with E-state index in [0.717, 1.165) is 55.7 Å². The Morgan fingerprint density at radius 2 is 0.868 bits per heavy atom. The highest BCUT2D eigenvalue weighted by molar-refractivity contribution is 5.97. The van der Waals surface area contributed by atoms with Gasteiger partial charge < -0.3 is 11.5 Å². The van der Waals surface area contributed by atoms with Crippen molar-refractivity contribution < 1.29 is 0 Å². The summed E-state index contributed by atoms with van der Waals surface area (Å²) in [4.78, 5) is 8.69. The van der Waals surface area contributed by atoms with Crippen molar-refractivity contribution in [1.82, 2.24) is 9.97 Å². The van der Waals surface area contributed by atoms with E-state index in [1.54, 1.807) is 24.5 Å². The molecule has 0 fully saturated rings. The lowest BCUT2D eigenvalue weighted by Crippen LogP contribution is -1.88. The van der Waals surface area contributed by atoms with E-state index in [2.05, 4.69) is 30.4 Å². The maximum absolute atomic E-state index is 6.03. The zero-order valence-electron chi connectivity index (χ0n) is 20.2. The van der Waals surface area contributed by atoms with Crippen LogP contribution in [0, 0.1) is 0 Å². The van der Waals surface area contributed by atoms with Crippen LogP contribution >= 0.6 is 0 Å². The molecule has 0 aliphatic heterocycles. The van der Waals surface area contributed by atoms with Crippen LogP contribution in [-0.2, 0) is 0 Å². The quantitative estimate of drug-likeness (QED) is 0.184. The van der Waals surface area contributed by atoms with Crippen LogP contribution in [-0.4, -0.2) is 9.97 Å². The molecule has 0 spiro atoms. The molecular weight excluding hydrogens is 472 g/mol. The molecule has 6 rings (SSSR count). The summed E-state index contributed by atoms with van der Waals surface area (Å²) in [5.74, 6) is 0. The molecule has 0 atom stereocenters. The summed E-state index contributed by atoms with van der Waals surface area (Å²) in [5, 5.41) is 19.4. The molecule has 8 heteroatoms. The van der Waals surface area contributed by atoms with Gasteiger partial charge in [0.25, 0.3) is 0 Å². The molecule has 0 unspecified atom stereocenters. The molecule has 2 heterocycles. The number of aromatic nitrogens is 2. The summed E-state index contributed by atoms with van der Waals surface area (Å²) < 4.78 is 0. The minimum atomic E-state index is 0.618. The molecule has 182 valence electrons. The fourth-order valence-corrected chi connectivity index (χ4v) is 4.20. The molecule has 0 aliphatic rings. The first-order chi connectivity index (χ1) is 18.7. The number of azo groups is 2. The number of rotatable bonds is 5. The van der Waals surface area contributed by atoms with Gasteiger partial charge in [-0.15, -0.1) is 10.2 Å². The van der Waals surface area contributed by atoms with Crippen LogP contribution in [0.15, 0.2) is 130 Å². The number of pyridine rings is 2. The highest BCUT2D eigenvalue weighted by Gasteiger charge is 2.06. The van der Waals surface area contributed by atoms with Gasteiger partial charge in [0.2, 0.25) is 0 Å². The number of nitrogen functional groups attached to an aromatic ring is 2. The zero-order chi connectivity index (χ0) is 25.9. The van der Waals surface area contributed by atoms with Gasteiger partial charge in [-0.3, -0.25) is 9.97 Å².